The van der Waals surface area contributed by atoms with Crippen LogP contribution in [0, 0.1) is 0 Å². The number of sulfone groups is 1. The maximum absolute atomic E-state index is 12.1. The van der Waals surface area contributed by atoms with E-state index >= 15 is 0 Å². The first-order valence-electron chi connectivity index (χ1n) is 6.27. The molecule has 0 radical (unpaired) electrons. The van der Waals surface area contributed by atoms with Gasteiger partial charge in [0.25, 0.3) is 0 Å². The molecule has 0 amide bonds. The van der Waals surface area contributed by atoms with E-state index in [1.807, 2.05) is 17.0 Å². The molecule has 2 N–H and O–H groups in total. The molecule has 1 fully saturated rings. The third-order valence-electron chi connectivity index (χ3n) is 3.31. The molecule has 1 aromatic rings. The molecule has 1 atom stereocenters. The van der Waals surface area contributed by atoms with Crippen molar-refractivity contribution >= 4 is 27.4 Å². The van der Waals surface area contributed by atoms with Gasteiger partial charge in [-0.2, -0.15) is 11.8 Å². The molecular weight excluding hydrogens is 282 g/mol. The second-order valence-corrected chi connectivity index (χ2v) is 8.10. The van der Waals surface area contributed by atoms with Crippen molar-refractivity contribution < 1.29 is 8.42 Å². The third-order valence-corrected chi connectivity index (χ3v) is 6.64. The normalized spacial score (nSPS) is 21.4. The molecule has 2 heterocycles. The van der Waals surface area contributed by atoms with Gasteiger partial charge < -0.3 is 5.73 Å². The molecule has 1 saturated heterocycles. The molecule has 1 aliphatic rings. The number of anilines is 1. The minimum absolute atomic E-state index is 0.178. The molecule has 0 saturated carbocycles. The van der Waals surface area contributed by atoms with E-state index in [2.05, 4.69) is 4.98 Å². The van der Waals surface area contributed by atoms with Crippen LogP contribution in [0.3, 0.4) is 0 Å². The van der Waals surface area contributed by atoms with E-state index in [1.54, 1.807) is 24.9 Å². The second-order valence-electron chi connectivity index (χ2n) is 4.50. The summed E-state index contributed by atoms with van der Waals surface area (Å²) in [7, 11) is -3.06. The van der Waals surface area contributed by atoms with Crippen LogP contribution in [0.4, 0.5) is 5.82 Å². The van der Waals surface area contributed by atoms with Gasteiger partial charge in [-0.25, -0.2) is 13.4 Å². The summed E-state index contributed by atoms with van der Waals surface area (Å²) in [5.74, 6) is 2.25. The van der Waals surface area contributed by atoms with Gasteiger partial charge in [0.05, 0.1) is 0 Å². The van der Waals surface area contributed by atoms with Crippen LogP contribution in [0.1, 0.15) is 12.5 Å². The van der Waals surface area contributed by atoms with Crippen LogP contribution in [0.5, 0.6) is 0 Å². The minimum atomic E-state index is -3.06. The number of rotatable bonds is 4. The predicted molar refractivity (Wildman–Crippen MR) is 79.6 cm³/mol. The molecule has 19 heavy (non-hydrogen) atoms. The molecule has 0 spiro atoms. The second kappa shape index (κ2) is 6.11. The van der Waals surface area contributed by atoms with Gasteiger partial charge in [-0.1, -0.05) is 13.0 Å². The Morgan fingerprint density at radius 2 is 2.37 bits per heavy atom. The highest BCUT2D eigenvalue weighted by Gasteiger charge is 2.32. The average molecular weight is 301 g/mol. The Bertz CT molecular complexity index is 534. The lowest BCUT2D eigenvalue weighted by atomic mass is 10.2. The van der Waals surface area contributed by atoms with Crippen LogP contribution in [-0.2, 0) is 16.4 Å². The molecule has 2 rings (SSSR count). The zero-order chi connectivity index (χ0) is 13.9. The lowest BCUT2D eigenvalue weighted by Crippen LogP contribution is -2.47. The zero-order valence-electron chi connectivity index (χ0n) is 10.9. The molecule has 1 unspecified atom stereocenters. The van der Waals surface area contributed by atoms with Gasteiger partial charge in [0, 0.05) is 42.1 Å². The highest BCUT2D eigenvalue weighted by Crippen LogP contribution is 2.24. The van der Waals surface area contributed by atoms with E-state index in [1.165, 1.54) is 0 Å². The van der Waals surface area contributed by atoms with E-state index < -0.39 is 15.2 Å². The molecule has 7 heteroatoms. The number of hydrogen-bond donors (Lipinski definition) is 1. The Labute approximate surface area is 118 Å². The highest BCUT2D eigenvalue weighted by molar-refractivity contribution is 8.01. The van der Waals surface area contributed by atoms with Crippen molar-refractivity contribution in [1.29, 1.82) is 0 Å². The molecule has 5 nitrogen and oxygen atoms in total. The topological polar surface area (TPSA) is 76.3 Å². The summed E-state index contributed by atoms with van der Waals surface area (Å²) < 4.78 is 24.3. The molecular formula is C12H19N3O2S2. The fourth-order valence-corrected chi connectivity index (χ4v) is 5.20. The van der Waals surface area contributed by atoms with Crippen LogP contribution >= 0.6 is 11.8 Å². The first kappa shape index (κ1) is 14.6. The summed E-state index contributed by atoms with van der Waals surface area (Å²) in [5.41, 5.74) is 6.73. The van der Waals surface area contributed by atoms with Crippen molar-refractivity contribution in [3.05, 3.63) is 23.9 Å². The first-order valence-corrected chi connectivity index (χ1v) is 9.14. The maximum Gasteiger partial charge on any atom is 0.166 e. The fraction of sp³-hybridized carbons (Fsp3) is 0.583. The first-order chi connectivity index (χ1) is 9.04. The van der Waals surface area contributed by atoms with Crippen molar-refractivity contribution in [1.82, 2.24) is 9.88 Å². The van der Waals surface area contributed by atoms with Gasteiger partial charge in [0.1, 0.15) is 11.2 Å². The Morgan fingerprint density at radius 3 is 3.05 bits per heavy atom. The lowest BCUT2D eigenvalue weighted by molar-refractivity contribution is 0.262. The van der Waals surface area contributed by atoms with Crippen molar-refractivity contribution in [3.8, 4) is 0 Å². The molecule has 0 bridgehead atoms. The van der Waals surface area contributed by atoms with E-state index in [0.717, 1.165) is 17.9 Å². The van der Waals surface area contributed by atoms with Crippen LogP contribution in [0.15, 0.2) is 18.3 Å². The summed E-state index contributed by atoms with van der Waals surface area (Å²) in [5, 5.41) is -0.407. The lowest BCUT2D eigenvalue weighted by Gasteiger charge is -2.34. The molecule has 0 aliphatic carbocycles. The third kappa shape index (κ3) is 3.40. The van der Waals surface area contributed by atoms with Gasteiger partial charge in [-0.3, -0.25) is 4.90 Å². The largest absolute Gasteiger partial charge is 0.383 e. The number of hydrogen-bond acceptors (Lipinski definition) is 6. The van der Waals surface area contributed by atoms with Crippen LogP contribution < -0.4 is 5.73 Å². The van der Waals surface area contributed by atoms with Gasteiger partial charge in [-0.05, 0) is 6.07 Å². The Hall–Kier alpha value is -0.790. The van der Waals surface area contributed by atoms with Gasteiger partial charge in [0.15, 0.2) is 9.84 Å². The smallest absolute Gasteiger partial charge is 0.166 e. The predicted octanol–water partition coefficient (Wildman–Crippen LogP) is 0.973. The van der Waals surface area contributed by atoms with Crippen molar-refractivity contribution in [2.24, 2.45) is 0 Å². The summed E-state index contributed by atoms with van der Waals surface area (Å²) in [4.78, 5) is 6.05. The Balaban J connectivity index is 2.19. The van der Waals surface area contributed by atoms with Crippen LogP contribution in [0.25, 0.3) is 0 Å². The number of pyridine rings is 1. The number of nitrogens with two attached hydrogens (primary N) is 1. The summed E-state index contributed by atoms with van der Waals surface area (Å²) in [6.07, 6.45) is 1.64. The van der Waals surface area contributed by atoms with Gasteiger partial charge >= 0.3 is 0 Å². The maximum atomic E-state index is 12.1. The van der Waals surface area contributed by atoms with E-state index in [-0.39, 0.29) is 5.75 Å². The van der Waals surface area contributed by atoms with Gasteiger partial charge in [0.2, 0.25) is 0 Å². The number of thioether (sulfide) groups is 1. The van der Waals surface area contributed by atoms with E-state index in [9.17, 15) is 8.42 Å². The quantitative estimate of drug-likeness (QED) is 0.893. The minimum Gasteiger partial charge on any atom is -0.383 e. The number of aromatic nitrogens is 1. The molecule has 1 aromatic heterocycles. The molecule has 1 aliphatic heterocycles. The molecule has 0 aromatic carbocycles. The summed E-state index contributed by atoms with van der Waals surface area (Å²) in [6, 6.07) is 3.73. The summed E-state index contributed by atoms with van der Waals surface area (Å²) in [6.45, 7) is 3.01. The SMILES string of the molecule is CCS(=O)(=O)C1CSCCN1Cc1cccnc1N. The van der Waals surface area contributed by atoms with E-state index in [4.69, 9.17) is 5.73 Å². The average Bonchev–Trinajstić information content (AvgIpc) is 2.42. The van der Waals surface area contributed by atoms with Crippen LogP contribution in [-0.4, -0.2) is 47.5 Å². The van der Waals surface area contributed by atoms with Crippen molar-refractivity contribution in [2.75, 3.05) is 29.5 Å². The monoisotopic (exact) mass is 301 g/mol. The van der Waals surface area contributed by atoms with Crippen molar-refractivity contribution in [2.45, 2.75) is 18.8 Å². The molecule has 106 valence electrons. The summed E-state index contributed by atoms with van der Waals surface area (Å²) >= 11 is 1.70. The standard InChI is InChI=1S/C12H19N3O2S2/c1-2-19(16,17)11-9-18-7-6-15(11)8-10-4-3-5-14-12(10)13/h3-5,11H,2,6-9H2,1H3,(H2,13,14). The Kier molecular flexibility index (Phi) is 4.70. The van der Waals surface area contributed by atoms with E-state index in [0.29, 0.717) is 18.1 Å². The van der Waals surface area contributed by atoms with Crippen LogP contribution in [0.2, 0.25) is 0 Å². The number of nitrogen functional groups attached to an aromatic ring is 1. The fourth-order valence-electron chi connectivity index (χ4n) is 2.12. The highest BCUT2D eigenvalue weighted by atomic mass is 32.2. The van der Waals surface area contributed by atoms with Gasteiger partial charge in [-0.15, -0.1) is 0 Å². The zero-order valence-corrected chi connectivity index (χ0v) is 12.6. The van der Waals surface area contributed by atoms with Crippen molar-refractivity contribution in [3.63, 3.8) is 0 Å². The number of nitrogens with zero attached hydrogens (tertiary/aromatic N) is 2. The Morgan fingerprint density at radius 1 is 1.58 bits per heavy atom.